The minimum Gasteiger partial charge on any atom is -0.0620 e. The summed E-state index contributed by atoms with van der Waals surface area (Å²) in [5.74, 6) is 21.0. The van der Waals surface area contributed by atoms with E-state index >= 15 is 0 Å². The van der Waals surface area contributed by atoms with E-state index in [1.54, 1.807) is 12.8 Å². The van der Waals surface area contributed by atoms with E-state index in [0.717, 1.165) is 130 Å². The Morgan fingerprint density at radius 1 is 0.268 bits per heavy atom. The van der Waals surface area contributed by atoms with Crippen molar-refractivity contribution < 1.29 is 0 Å². The van der Waals surface area contributed by atoms with Crippen LogP contribution in [0.25, 0.3) is 0 Å². The minimum atomic E-state index is 0.500. The molecule has 0 aromatic rings. The van der Waals surface area contributed by atoms with Crippen molar-refractivity contribution in [3.8, 4) is 0 Å². The van der Waals surface area contributed by atoms with E-state index in [2.05, 4.69) is 111 Å². The molecule has 238 valence electrons. The number of hydrogen-bond acceptors (Lipinski definition) is 0. The van der Waals surface area contributed by atoms with Gasteiger partial charge >= 0.3 is 0 Å². The Labute approximate surface area is 258 Å². The average Bonchev–Trinajstić information content (AvgIpc) is 3.33. The molecule has 6 rings (SSSR count). The molecular formula is C41H74. The fourth-order valence-corrected chi connectivity index (χ4v) is 14.1. The lowest BCUT2D eigenvalue weighted by atomic mass is 9.48. The van der Waals surface area contributed by atoms with Crippen molar-refractivity contribution in [1.29, 1.82) is 0 Å². The van der Waals surface area contributed by atoms with Gasteiger partial charge in [0.15, 0.2) is 0 Å². The summed E-state index contributed by atoms with van der Waals surface area (Å²) >= 11 is 0. The summed E-state index contributed by atoms with van der Waals surface area (Å²) in [6, 6.07) is 0. The quantitative estimate of drug-likeness (QED) is 0.273. The highest BCUT2D eigenvalue weighted by atomic mass is 14.7. The fourth-order valence-electron chi connectivity index (χ4n) is 14.1. The van der Waals surface area contributed by atoms with Gasteiger partial charge in [0.2, 0.25) is 0 Å². The fraction of sp³-hybridized carbons (Fsp3) is 1.00. The number of rotatable bonds is 0. The second-order valence-corrected chi connectivity index (χ2v) is 19.9. The van der Waals surface area contributed by atoms with Crippen LogP contribution in [-0.4, -0.2) is 0 Å². The highest BCUT2D eigenvalue weighted by molar-refractivity contribution is 5.14. The van der Waals surface area contributed by atoms with Gasteiger partial charge in [0.1, 0.15) is 0 Å². The molecule has 0 spiro atoms. The zero-order valence-corrected chi connectivity index (χ0v) is 30.6. The van der Waals surface area contributed by atoms with Crippen molar-refractivity contribution in [2.45, 2.75) is 124 Å². The summed E-state index contributed by atoms with van der Waals surface area (Å²) in [4.78, 5) is 0. The van der Waals surface area contributed by atoms with E-state index in [1.807, 2.05) is 0 Å². The van der Waals surface area contributed by atoms with Crippen LogP contribution in [0, 0.1) is 136 Å². The highest BCUT2D eigenvalue weighted by Crippen LogP contribution is 2.72. The van der Waals surface area contributed by atoms with E-state index < -0.39 is 0 Å². The van der Waals surface area contributed by atoms with Gasteiger partial charge in [-0.05, 0) is 148 Å². The average molecular weight is 567 g/mol. The molecule has 0 nitrogen and oxygen atoms in total. The summed E-state index contributed by atoms with van der Waals surface area (Å²) < 4.78 is 0. The molecular weight excluding hydrogens is 492 g/mol. The molecule has 0 heteroatoms. The van der Waals surface area contributed by atoms with Crippen molar-refractivity contribution in [2.24, 2.45) is 136 Å². The number of fused-ring (bicyclic) bond motifs is 3. The van der Waals surface area contributed by atoms with E-state index in [4.69, 9.17) is 0 Å². The summed E-state index contributed by atoms with van der Waals surface area (Å²) in [5, 5.41) is 0. The highest BCUT2D eigenvalue weighted by Gasteiger charge is 2.67. The summed E-state index contributed by atoms with van der Waals surface area (Å²) in [6.45, 7) is 40.9. The lowest BCUT2D eigenvalue weighted by molar-refractivity contribution is -0.0865. The van der Waals surface area contributed by atoms with Crippen molar-refractivity contribution in [3.63, 3.8) is 0 Å². The van der Waals surface area contributed by atoms with Gasteiger partial charge in [0.05, 0.1) is 0 Å². The maximum Gasteiger partial charge on any atom is -0.0318 e. The first-order valence-electron chi connectivity index (χ1n) is 18.9. The summed E-state index contributed by atoms with van der Waals surface area (Å²) in [7, 11) is 0. The van der Waals surface area contributed by atoms with Gasteiger partial charge in [0, 0.05) is 0 Å². The minimum absolute atomic E-state index is 0.500. The van der Waals surface area contributed by atoms with Gasteiger partial charge < -0.3 is 0 Å². The van der Waals surface area contributed by atoms with Crippen LogP contribution in [0.15, 0.2) is 0 Å². The molecule has 6 saturated carbocycles. The SMILES string of the molecule is CC(C)(C)C.CC1C(C)C2CC3C(C)C(C)C(C)C4C3C(CC3C(C)C(C)C(C1C)C23)C1C(C)C(C)C(C)C(C)C14. The molecule has 0 heterocycles. The third-order valence-corrected chi connectivity index (χ3v) is 17.0. The molecule has 0 bridgehead atoms. The maximum absolute atomic E-state index is 2.72. The van der Waals surface area contributed by atoms with Crippen molar-refractivity contribution in [3.05, 3.63) is 0 Å². The van der Waals surface area contributed by atoms with Crippen LogP contribution < -0.4 is 0 Å². The normalized spacial score (nSPS) is 61.5. The lowest BCUT2D eigenvalue weighted by Gasteiger charge is -2.57. The predicted octanol–water partition coefficient (Wildman–Crippen LogP) is 11.7. The largest absolute Gasteiger partial charge is 0.0620 e. The predicted molar refractivity (Wildman–Crippen MR) is 179 cm³/mol. The van der Waals surface area contributed by atoms with Crippen LogP contribution in [0.1, 0.15) is 124 Å². The van der Waals surface area contributed by atoms with E-state index in [-0.39, 0.29) is 0 Å². The zero-order chi connectivity index (χ0) is 30.6. The van der Waals surface area contributed by atoms with E-state index in [9.17, 15) is 0 Å². The first-order chi connectivity index (χ1) is 18.9. The van der Waals surface area contributed by atoms with E-state index in [0.29, 0.717) is 5.41 Å². The molecule has 6 aliphatic rings. The molecule has 22 atom stereocenters. The Morgan fingerprint density at radius 3 is 0.951 bits per heavy atom. The summed E-state index contributed by atoms with van der Waals surface area (Å²) in [6.07, 6.45) is 3.18. The van der Waals surface area contributed by atoms with Crippen LogP contribution in [0.3, 0.4) is 0 Å². The Hall–Kier alpha value is 0. The molecule has 6 aliphatic carbocycles. The van der Waals surface area contributed by atoms with Crippen molar-refractivity contribution >= 4 is 0 Å². The van der Waals surface area contributed by atoms with Gasteiger partial charge in [-0.3, -0.25) is 0 Å². The molecule has 0 N–H and O–H groups in total. The standard InChI is InChI=1S/C36H62.C5H12/c1-15-16(2)24(10)33-32(23(15)9)30-14-29-21(7)26(12)31-22(8)17(3)19(5)27(35(29)31)13-28-20(6)18(4)25(11)34(33)36(28)30;1-5(2,3)4/h15-36H,13-14H2,1-12H3;1-4H3. The van der Waals surface area contributed by atoms with Crippen molar-refractivity contribution in [1.82, 2.24) is 0 Å². The topological polar surface area (TPSA) is 0 Å². The van der Waals surface area contributed by atoms with E-state index in [1.165, 1.54) is 0 Å². The third kappa shape index (κ3) is 4.95. The van der Waals surface area contributed by atoms with Crippen LogP contribution in [0.2, 0.25) is 0 Å². The Kier molecular flexibility index (Phi) is 8.78. The Balaban J connectivity index is 0.000000623. The third-order valence-electron chi connectivity index (χ3n) is 17.0. The van der Waals surface area contributed by atoms with Crippen LogP contribution in [-0.2, 0) is 0 Å². The molecule has 0 aromatic carbocycles. The molecule has 22 unspecified atom stereocenters. The molecule has 41 heavy (non-hydrogen) atoms. The monoisotopic (exact) mass is 567 g/mol. The van der Waals surface area contributed by atoms with Gasteiger partial charge in [-0.15, -0.1) is 0 Å². The second kappa shape index (κ2) is 11.1. The van der Waals surface area contributed by atoms with Gasteiger partial charge in [-0.1, -0.05) is 111 Å². The number of hydrogen-bond donors (Lipinski definition) is 0. The van der Waals surface area contributed by atoms with Gasteiger partial charge in [-0.2, -0.15) is 0 Å². The molecule has 0 amide bonds. The molecule has 0 aliphatic heterocycles. The first-order valence-corrected chi connectivity index (χ1v) is 18.9. The zero-order valence-electron chi connectivity index (χ0n) is 30.6. The van der Waals surface area contributed by atoms with Crippen LogP contribution in [0.5, 0.6) is 0 Å². The molecule has 6 fully saturated rings. The van der Waals surface area contributed by atoms with Crippen molar-refractivity contribution in [2.75, 3.05) is 0 Å². The Morgan fingerprint density at radius 2 is 0.512 bits per heavy atom. The second-order valence-electron chi connectivity index (χ2n) is 19.9. The first kappa shape index (κ1) is 32.4. The maximum atomic E-state index is 2.72. The molecule has 0 saturated heterocycles. The summed E-state index contributed by atoms with van der Waals surface area (Å²) in [5.41, 5.74) is 0.500. The Bertz CT molecular complexity index is 903. The van der Waals surface area contributed by atoms with Crippen LogP contribution >= 0.6 is 0 Å². The molecule has 0 aromatic heterocycles. The van der Waals surface area contributed by atoms with Gasteiger partial charge in [0.25, 0.3) is 0 Å². The lowest BCUT2D eigenvalue weighted by Crippen LogP contribution is -2.51. The van der Waals surface area contributed by atoms with Crippen LogP contribution in [0.4, 0.5) is 0 Å². The molecule has 0 radical (unpaired) electrons. The smallest absolute Gasteiger partial charge is 0.0318 e. The van der Waals surface area contributed by atoms with Gasteiger partial charge in [-0.25, -0.2) is 0 Å².